The summed E-state index contributed by atoms with van der Waals surface area (Å²) in [5, 5.41) is 36.6. The molecule has 0 aromatic heterocycles. The fourth-order valence-electron chi connectivity index (χ4n) is 0. The zero-order valence-electron chi connectivity index (χ0n) is 12.5. The van der Waals surface area contributed by atoms with Gasteiger partial charge in [-0.3, -0.25) is 0 Å². The van der Waals surface area contributed by atoms with Crippen LogP contribution < -0.4 is 15.3 Å². The SMILES string of the molecule is CC(C)O.CC(C)[O-].CC(C)[O-].CC(C)[O-].[Ti+3]. The third-order valence-corrected chi connectivity index (χ3v) is 0. The molecule has 105 valence electrons. The molecule has 0 amide bonds. The van der Waals surface area contributed by atoms with E-state index < -0.39 is 18.3 Å². The second-order valence-electron chi connectivity index (χ2n) is 4.24. The first kappa shape index (κ1) is 30.5. The van der Waals surface area contributed by atoms with Crippen LogP contribution in [-0.2, 0) is 21.7 Å². The van der Waals surface area contributed by atoms with Crippen LogP contribution in [0.15, 0.2) is 0 Å². The molecule has 0 aromatic rings. The van der Waals surface area contributed by atoms with Gasteiger partial charge in [0, 0.05) is 6.10 Å². The zero-order valence-corrected chi connectivity index (χ0v) is 14.0. The van der Waals surface area contributed by atoms with Crippen molar-refractivity contribution in [1.82, 2.24) is 0 Å². The van der Waals surface area contributed by atoms with Crippen molar-refractivity contribution >= 4 is 0 Å². The maximum absolute atomic E-state index is 9.53. The molecule has 0 aliphatic rings. The van der Waals surface area contributed by atoms with E-state index in [1.165, 1.54) is 0 Å². The Morgan fingerprint density at radius 1 is 0.588 bits per heavy atom. The van der Waals surface area contributed by atoms with Gasteiger partial charge in [0.25, 0.3) is 0 Å². The summed E-state index contributed by atoms with van der Waals surface area (Å²) < 4.78 is 0. The molecule has 5 heteroatoms. The molecule has 0 unspecified atom stereocenters. The van der Waals surface area contributed by atoms with E-state index in [4.69, 9.17) is 5.11 Å². The summed E-state index contributed by atoms with van der Waals surface area (Å²) in [7, 11) is 0. The van der Waals surface area contributed by atoms with Crippen LogP contribution in [0.3, 0.4) is 0 Å². The van der Waals surface area contributed by atoms with Gasteiger partial charge in [-0.25, -0.2) is 0 Å². The van der Waals surface area contributed by atoms with E-state index >= 15 is 0 Å². The first-order valence-electron chi connectivity index (χ1n) is 5.58. The van der Waals surface area contributed by atoms with Crippen molar-refractivity contribution in [2.75, 3.05) is 0 Å². The van der Waals surface area contributed by atoms with Gasteiger partial charge in [0.05, 0.1) is 0 Å². The molecule has 0 spiro atoms. The van der Waals surface area contributed by atoms with Crippen LogP contribution in [0.5, 0.6) is 0 Å². The molecule has 0 atom stereocenters. The summed E-state index contributed by atoms with van der Waals surface area (Å²) in [5.41, 5.74) is 0. The van der Waals surface area contributed by atoms with Crippen molar-refractivity contribution in [3.8, 4) is 0 Å². The van der Waals surface area contributed by atoms with Crippen LogP contribution in [0.25, 0.3) is 0 Å². The molecule has 0 aromatic carbocycles. The van der Waals surface area contributed by atoms with Gasteiger partial charge in [0.2, 0.25) is 0 Å². The van der Waals surface area contributed by atoms with E-state index in [9.17, 15) is 15.3 Å². The van der Waals surface area contributed by atoms with Gasteiger partial charge in [0.1, 0.15) is 0 Å². The van der Waals surface area contributed by atoms with E-state index in [0.29, 0.717) is 0 Å². The monoisotopic (exact) mass is 285 g/mol. The van der Waals surface area contributed by atoms with Gasteiger partial charge in [0.15, 0.2) is 0 Å². The molecular formula is C12H29O4Ti. The first-order chi connectivity index (χ1) is 6.93. The van der Waals surface area contributed by atoms with Gasteiger partial charge in [-0.15, -0.1) is 18.3 Å². The van der Waals surface area contributed by atoms with Gasteiger partial charge in [-0.2, -0.15) is 0 Å². The summed E-state index contributed by atoms with van der Waals surface area (Å²) in [6, 6.07) is 0. The number of hydrogen-bond donors (Lipinski definition) is 1. The summed E-state index contributed by atoms with van der Waals surface area (Å²) in [6.45, 7) is 13.1. The molecule has 1 radical (unpaired) electrons. The second kappa shape index (κ2) is 25.4. The molecule has 17 heavy (non-hydrogen) atoms. The Kier molecular flexibility index (Phi) is 45.6. The maximum Gasteiger partial charge on any atom is 3.00 e. The molecule has 0 rings (SSSR count). The average molecular weight is 285 g/mol. The molecule has 0 bridgehead atoms. The van der Waals surface area contributed by atoms with Crippen molar-refractivity contribution in [1.29, 1.82) is 0 Å². The molecule has 0 fully saturated rings. The minimum Gasteiger partial charge on any atom is -0.852 e. The molecule has 1 N–H and O–H groups in total. The zero-order chi connectivity index (χ0) is 14.3. The summed E-state index contributed by atoms with van der Waals surface area (Å²) in [4.78, 5) is 0. The number of rotatable bonds is 0. The Bertz CT molecular complexity index is 61.5. The second-order valence-corrected chi connectivity index (χ2v) is 4.24. The molecule has 0 saturated heterocycles. The maximum atomic E-state index is 9.53. The smallest absolute Gasteiger partial charge is 0.852 e. The molecule has 0 aliphatic heterocycles. The van der Waals surface area contributed by atoms with E-state index in [1.807, 2.05) is 0 Å². The van der Waals surface area contributed by atoms with Crippen molar-refractivity contribution in [2.24, 2.45) is 0 Å². The Labute approximate surface area is 122 Å². The third-order valence-electron chi connectivity index (χ3n) is 0. The van der Waals surface area contributed by atoms with E-state index in [1.54, 1.807) is 55.4 Å². The Morgan fingerprint density at radius 3 is 0.588 bits per heavy atom. The van der Waals surface area contributed by atoms with Crippen LogP contribution in [0.4, 0.5) is 0 Å². The van der Waals surface area contributed by atoms with E-state index in [0.717, 1.165) is 0 Å². The van der Waals surface area contributed by atoms with Crippen LogP contribution >= 0.6 is 0 Å². The van der Waals surface area contributed by atoms with Gasteiger partial charge in [-0.1, -0.05) is 41.5 Å². The summed E-state index contributed by atoms with van der Waals surface area (Å²) in [6.07, 6.45) is -1.42. The number of aliphatic hydroxyl groups is 1. The van der Waals surface area contributed by atoms with Crippen LogP contribution in [0.1, 0.15) is 55.4 Å². The van der Waals surface area contributed by atoms with Gasteiger partial charge in [-0.05, 0) is 13.8 Å². The molecule has 0 aliphatic carbocycles. The first-order valence-corrected chi connectivity index (χ1v) is 5.58. The Morgan fingerprint density at radius 2 is 0.588 bits per heavy atom. The van der Waals surface area contributed by atoms with Gasteiger partial charge < -0.3 is 20.4 Å². The molecule has 4 nitrogen and oxygen atoms in total. The van der Waals surface area contributed by atoms with E-state index in [2.05, 4.69) is 0 Å². The largest absolute Gasteiger partial charge is 3.00 e. The quantitative estimate of drug-likeness (QED) is 0.616. The summed E-state index contributed by atoms with van der Waals surface area (Å²) >= 11 is 0. The predicted molar refractivity (Wildman–Crippen MR) is 62.8 cm³/mol. The predicted octanol–water partition coefficient (Wildman–Crippen LogP) is -0.350. The standard InChI is InChI=1S/C3H8O.3C3H7O.Ti/c4*1-3(2)4;/h3-4H,1-2H3;3*3H,1-2H3;/q;3*-1;+3. The minimum absolute atomic E-state index is 0. The van der Waals surface area contributed by atoms with Crippen molar-refractivity contribution in [2.45, 2.75) is 79.8 Å². The molecule has 0 saturated carbocycles. The average Bonchev–Trinajstić information content (AvgIpc) is 1.76. The van der Waals surface area contributed by atoms with Crippen LogP contribution in [-0.4, -0.2) is 29.5 Å². The Hall–Kier alpha value is 0.554. The minimum atomic E-state index is -0.417. The fourth-order valence-corrected chi connectivity index (χ4v) is 0. The van der Waals surface area contributed by atoms with Crippen LogP contribution in [0.2, 0.25) is 0 Å². The topological polar surface area (TPSA) is 89.4 Å². The normalized spacial score (nSPS) is 8.47. The van der Waals surface area contributed by atoms with Crippen molar-refractivity contribution in [3.05, 3.63) is 0 Å². The van der Waals surface area contributed by atoms with Crippen LogP contribution in [0, 0.1) is 0 Å². The fraction of sp³-hybridized carbons (Fsp3) is 1.00. The molecule has 0 heterocycles. The van der Waals surface area contributed by atoms with Crippen molar-refractivity contribution in [3.63, 3.8) is 0 Å². The molecular weight excluding hydrogens is 256 g/mol. The number of aliphatic hydroxyl groups excluding tert-OH is 1. The summed E-state index contributed by atoms with van der Waals surface area (Å²) in [5.74, 6) is 0. The third kappa shape index (κ3) is 11400. The van der Waals surface area contributed by atoms with E-state index in [-0.39, 0.29) is 27.8 Å². The van der Waals surface area contributed by atoms with Gasteiger partial charge >= 0.3 is 21.7 Å². The van der Waals surface area contributed by atoms with Crippen molar-refractivity contribution < 1.29 is 42.1 Å². The Balaban J connectivity index is -0.0000000369. The number of hydrogen-bond acceptors (Lipinski definition) is 4.